The van der Waals surface area contributed by atoms with Gasteiger partial charge in [-0.2, -0.15) is 0 Å². The average molecular weight is 436 g/mol. The van der Waals surface area contributed by atoms with Crippen LogP contribution in [0.25, 0.3) is 0 Å². The number of carbonyl (C=O) groups is 3. The number of methoxy groups -OCH3 is 1. The van der Waals surface area contributed by atoms with Crippen molar-refractivity contribution in [1.29, 1.82) is 0 Å². The third-order valence-corrected chi connectivity index (χ3v) is 4.44. The minimum Gasteiger partial charge on any atom is -0.504 e. The molecule has 10 nitrogen and oxygen atoms in total. The number of phenolic OH excluding ortho intramolecular Hbond substituents is 2. The first-order valence-electron chi connectivity index (χ1n) is 9.37. The summed E-state index contributed by atoms with van der Waals surface area (Å²) in [5.74, 6) is -3.28. The normalized spacial score (nSPS) is 19.2. The molecular formula is C21H24O10. The van der Waals surface area contributed by atoms with Crippen LogP contribution in [0.4, 0.5) is 0 Å². The molecule has 1 aliphatic heterocycles. The van der Waals surface area contributed by atoms with Gasteiger partial charge < -0.3 is 24.4 Å². The Morgan fingerprint density at radius 3 is 2.55 bits per heavy atom. The van der Waals surface area contributed by atoms with Gasteiger partial charge in [-0.3, -0.25) is 9.68 Å². The van der Waals surface area contributed by atoms with Crippen LogP contribution in [-0.2, 0) is 44.8 Å². The minimum atomic E-state index is -1.14. The van der Waals surface area contributed by atoms with Gasteiger partial charge in [0, 0.05) is 24.8 Å². The first-order chi connectivity index (χ1) is 14.8. The van der Waals surface area contributed by atoms with Crippen molar-refractivity contribution >= 4 is 17.9 Å². The van der Waals surface area contributed by atoms with E-state index in [9.17, 15) is 24.6 Å². The van der Waals surface area contributed by atoms with Crippen molar-refractivity contribution in [3.63, 3.8) is 0 Å². The molecule has 168 valence electrons. The van der Waals surface area contributed by atoms with Crippen LogP contribution in [-0.4, -0.2) is 48.1 Å². The molecule has 2 atom stereocenters. The van der Waals surface area contributed by atoms with Crippen molar-refractivity contribution < 1.29 is 48.6 Å². The fourth-order valence-corrected chi connectivity index (χ4v) is 2.94. The highest BCUT2D eigenvalue weighted by Gasteiger charge is 2.38. The molecule has 0 saturated carbocycles. The van der Waals surface area contributed by atoms with Gasteiger partial charge in [0.25, 0.3) is 6.29 Å². The van der Waals surface area contributed by atoms with Crippen LogP contribution < -0.4 is 0 Å². The number of benzene rings is 1. The second-order valence-corrected chi connectivity index (χ2v) is 6.54. The smallest absolute Gasteiger partial charge is 0.339 e. The summed E-state index contributed by atoms with van der Waals surface area (Å²) < 4.78 is 15.3. The molecule has 0 fully saturated rings. The van der Waals surface area contributed by atoms with Crippen molar-refractivity contribution in [3.8, 4) is 11.5 Å². The Morgan fingerprint density at radius 1 is 1.19 bits per heavy atom. The fourth-order valence-electron chi connectivity index (χ4n) is 2.94. The highest BCUT2D eigenvalue weighted by molar-refractivity contribution is 5.90. The summed E-state index contributed by atoms with van der Waals surface area (Å²) in [6, 6.07) is 4.30. The van der Waals surface area contributed by atoms with E-state index in [4.69, 9.17) is 19.1 Å². The Labute approximate surface area is 178 Å². The molecule has 2 rings (SSSR count). The van der Waals surface area contributed by atoms with Crippen LogP contribution in [0.15, 0.2) is 41.7 Å². The van der Waals surface area contributed by atoms with Gasteiger partial charge in [-0.1, -0.05) is 12.1 Å². The summed E-state index contributed by atoms with van der Waals surface area (Å²) in [4.78, 5) is 45.0. The third kappa shape index (κ3) is 6.48. The molecule has 0 amide bonds. The molecular weight excluding hydrogens is 412 g/mol. The Balaban J connectivity index is 2.05. The van der Waals surface area contributed by atoms with Gasteiger partial charge in [-0.15, -0.1) is 4.89 Å². The zero-order chi connectivity index (χ0) is 23.0. The number of hydrogen-bond acceptors (Lipinski definition) is 10. The van der Waals surface area contributed by atoms with Crippen LogP contribution >= 0.6 is 0 Å². The van der Waals surface area contributed by atoms with E-state index in [0.29, 0.717) is 17.6 Å². The zero-order valence-corrected chi connectivity index (χ0v) is 17.3. The summed E-state index contributed by atoms with van der Waals surface area (Å²) in [5.41, 5.74) is 1.12. The van der Waals surface area contributed by atoms with Crippen molar-refractivity contribution in [2.45, 2.75) is 33.0 Å². The molecule has 10 heteroatoms. The quantitative estimate of drug-likeness (QED) is 0.205. The van der Waals surface area contributed by atoms with E-state index >= 15 is 0 Å². The summed E-state index contributed by atoms with van der Waals surface area (Å²) in [5, 5.41) is 18.9. The maximum atomic E-state index is 12.4. The van der Waals surface area contributed by atoms with E-state index in [2.05, 4.69) is 4.89 Å². The average Bonchev–Trinajstić information content (AvgIpc) is 2.74. The number of phenols is 2. The molecule has 0 spiro atoms. The maximum absolute atomic E-state index is 12.4. The largest absolute Gasteiger partial charge is 0.504 e. The Morgan fingerprint density at radius 2 is 1.94 bits per heavy atom. The highest BCUT2D eigenvalue weighted by Crippen LogP contribution is 2.34. The second-order valence-electron chi connectivity index (χ2n) is 6.54. The van der Waals surface area contributed by atoms with Gasteiger partial charge in [0.15, 0.2) is 11.5 Å². The summed E-state index contributed by atoms with van der Waals surface area (Å²) in [7, 11) is 1.20. The summed E-state index contributed by atoms with van der Waals surface area (Å²) >= 11 is 0. The lowest BCUT2D eigenvalue weighted by molar-refractivity contribution is -0.333. The van der Waals surface area contributed by atoms with E-state index in [1.165, 1.54) is 19.2 Å². The predicted molar refractivity (Wildman–Crippen MR) is 104 cm³/mol. The molecule has 1 aromatic rings. The molecule has 0 aliphatic carbocycles. The van der Waals surface area contributed by atoms with Gasteiger partial charge in [0.2, 0.25) is 0 Å². The van der Waals surface area contributed by atoms with Crippen LogP contribution in [0.2, 0.25) is 0 Å². The van der Waals surface area contributed by atoms with Gasteiger partial charge in [-0.25, -0.2) is 9.59 Å². The van der Waals surface area contributed by atoms with Gasteiger partial charge in [-0.05, 0) is 24.6 Å². The predicted octanol–water partition coefficient (Wildman–Crippen LogP) is 2.04. The lowest BCUT2D eigenvalue weighted by atomic mass is 9.86. The van der Waals surface area contributed by atoms with Crippen LogP contribution in [0.3, 0.4) is 0 Å². The Hall–Kier alpha value is -3.53. The number of rotatable bonds is 8. The van der Waals surface area contributed by atoms with E-state index < -0.39 is 30.1 Å². The van der Waals surface area contributed by atoms with Crippen molar-refractivity contribution in [2.24, 2.45) is 5.92 Å². The van der Waals surface area contributed by atoms with Gasteiger partial charge in [0.1, 0.15) is 0 Å². The molecule has 2 N–H and O–H groups in total. The number of esters is 2. The Bertz CT molecular complexity index is 886. The number of carbonyl (C=O) groups excluding carboxylic acids is 3. The highest BCUT2D eigenvalue weighted by atomic mass is 17.2. The minimum absolute atomic E-state index is 0.0160. The Kier molecular flexibility index (Phi) is 8.44. The lowest BCUT2D eigenvalue weighted by Crippen LogP contribution is -2.33. The van der Waals surface area contributed by atoms with Crippen LogP contribution in [0.5, 0.6) is 11.5 Å². The number of allylic oxidation sites excluding steroid dienone is 1. The van der Waals surface area contributed by atoms with Crippen LogP contribution in [0, 0.1) is 5.92 Å². The molecule has 0 radical (unpaired) electrons. The number of hydrogen-bond donors (Lipinski definition) is 2. The molecule has 31 heavy (non-hydrogen) atoms. The van der Waals surface area contributed by atoms with E-state index in [1.54, 1.807) is 19.1 Å². The number of ether oxygens (including phenoxy) is 3. The van der Waals surface area contributed by atoms with Gasteiger partial charge in [0.05, 0.1) is 32.0 Å². The molecule has 1 unspecified atom stereocenters. The monoisotopic (exact) mass is 436 g/mol. The first kappa shape index (κ1) is 23.7. The standard InChI is InChI=1S/C21H24O10/c1-4-14-15(16(20(26)27-3)11-29-21(14)31-30-12(2)22)10-19(25)28-8-7-13-5-6-17(23)18(24)9-13/h4-6,9,11,15,21,23-24H,7-8,10H2,1-3H3/b14-4+/t15?,21-/m0/s1. The molecule has 1 aromatic carbocycles. The van der Waals surface area contributed by atoms with Crippen molar-refractivity contribution in [2.75, 3.05) is 13.7 Å². The molecule has 0 aromatic heterocycles. The fraction of sp³-hybridized carbons (Fsp3) is 0.381. The molecule has 0 bridgehead atoms. The van der Waals surface area contributed by atoms with Gasteiger partial charge >= 0.3 is 17.9 Å². The topological polar surface area (TPSA) is 138 Å². The molecule has 1 aliphatic rings. The third-order valence-electron chi connectivity index (χ3n) is 4.44. The molecule has 1 heterocycles. The zero-order valence-electron chi connectivity index (χ0n) is 17.3. The molecule has 0 saturated heterocycles. The van der Waals surface area contributed by atoms with E-state index in [1.807, 2.05) is 0 Å². The van der Waals surface area contributed by atoms with E-state index in [-0.39, 0.29) is 30.1 Å². The second kappa shape index (κ2) is 11.0. The maximum Gasteiger partial charge on any atom is 0.339 e. The van der Waals surface area contributed by atoms with Crippen LogP contribution in [0.1, 0.15) is 25.8 Å². The summed E-state index contributed by atoms with van der Waals surface area (Å²) in [6.45, 7) is 2.82. The first-order valence-corrected chi connectivity index (χ1v) is 9.37. The van der Waals surface area contributed by atoms with Crippen molar-refractivity contribution in [1.82, 2.24) is 0 Å². The SMILES string of the molecule is C/C=C1\C(CC(=O)OCCc2ccc(O)c(O)c2)C(C(=O)OC)=CO[C@H]1OOC(C)=O. The summed E-state index contributed by atoms with van der Waals surface area (Å²) in [6.07, 6.45) is 1.64. The van der Waals surface area contributed by atoms with Crippen molar-refractivity contribution in [3.05, 3.63) is 47.2 Å². The lowest BCUT2D eigenvalue weighted by Gasteiger charge is -2.30. The number of aromatic hydroxyl groups is 2. The van der Waals surface area contributed by atoms with E-state index in [0.717, 1.165) is 13.2 Å².